The van der Waals surface area contributed by atoms with E-state index in [1.807, 2.05) is 6.92 Å². The molecular formula is C14H14O4. The first-order chi connectivity index (χ1) is 8.63. The molecule has 2 aromatic rings. The van der Waals surface area contributed by atoms with Gasteiger partial charge in [0.05, 0.1) is 6.61 Å². The molecule has 18 heavy (non-hydrogen) atoms. The molecule has 0 aliphatic rings. The summed E-state index contributed by atoms with van der Waals surface area (Å²) < 4.78 is 10.6. The summed E-state index contributed by atoms with van der Waals surface area (Å²) in [6.07, 6.45) is 0.841. The quantitative estimate of drug-likeness (QED) is 0.614. The van der Waals surface area contributed by atoms with Gasteiger partial charge in [-0.05, 0) is 31.5 Å². The lowest BCUT2D eigenvalue weighted by molar-refractivity contribution is 0.101. The average molecular weight is 246 g/mol. The van der Waals surface area contributed by atoms with Crippen molar-refractivity contribution >= 4 is 16.8 Å². The zero-order valence-corrected chi connectivity index (χ0v) is 10.4. The van der Waals surface area contributed by atoms with Crippen LogP contribution in [0.15, 0.2) is 33.5 Å². The van der Waals surface area contributed by atoms with Crippen LogP contribution in [0.3, 0.4) is 0 Å². The molecule has 0 aliphatic heterocycles. The van der Waals surface area contributed by atoms with Crippen LogP contribution in [0.2, 0.25) is 0 Å². The number of hydrogen-bond donors (Lipinski definition) is 0. The first-order valence-corrected chi connectivity index (χ1v) is 5.84. The molecule has 0 amide bonds. The van der Waals surface area contributed by atoms with Crippen LogP contribution in [0.5, 0.6) is 5.75 Å². The summed E-state index contributed by atoms with van der Waals surface area (Å²) in [5.74, 6) is 0.284. The standard InChI is InChI=1S/C14H14O4/c1-3-8-17-11-6-4-10-5-7-12(16)18-14(10)13(11)9(2)15/h4-7H,3,8H2,1-2H3. The molecule has 4 heteroatoms. The minimum atomic E-state index is -0.474. The van der Waals surface area contributed by atoms with E-state index >= 15 is 0 Å². The summed E-state index contributed by atoms with van der Waals surface area (Å²) in [6.45, 7) is 3.93. The van der Waals surface area contributed by atoms with Gasteiger partial charge in [-0.2, -0.15) is 0 Å². The first-order valence-electron chi connectivity index (χ1n) is 5.84. The molecule has 0 spiro atoms. The largest absolute Gasteiger partial charge is 0.493 e. The fourth-order valence-electron chi connectivity index (χ4n) is 1.78. The second-order valence-corrected chi connectivity index (χ2v) is 4.02. The van der Waals surface area contributed by atoms with Crippen LogP contribution >= 0.6 is 0 Å². The van der Waals surface area contributed by atoms with Gasteiger partial charge in [-0.3, -0.25) is 4.79 Å². The Morgan fingerprint density at radius 1 is 1.28 bits per heavy atom. The highest BCUT2D eigenvalue weighted by molar-refractivity contribution is 6.07. The summed E-state index contributed by atoms with van der Waals surface area (Å²) in [4.78, 5) is 23.0. The van der Waals surface area contributed by atoms with Crippen molar-refractivity contribution in [2.45, 2.75) is 20.3 Å². The molecule has 1 aromatic heterocycles. The van der Waals surface area contributed by atoms with E-state index in [-0.39, 0.29) is 5.78 Å². The molecule has 94 valence electrons. The first kappa shape index (κ1) is 12.4. The Morgan fingerprint density at radius 2 is 2.00 bits per heavy atom. The maximum absolute atomic E-state index is 11.7. The van der Waals surface area contributed by atoms with E-state index in [4.69, 9.17) is 9.15 Å². The Hall–Kier alpha value is -2.10. The molecular weight excluding hydrogens is 232 g/mol. The summed E-state index contributed by atoms with van der Waals surface area (Å²) in [7, 11) is 0. The molecule has 2 rings (SSSR count). The van der Waals surface area contributed by atoms with Crippen molar-refractivity contribution in [2.75, 3.05) is 6.61 Å². The molecule has 4 nitrogen and oxygen atoms in total. The normalized spacial score (nSPS) is 10.6. The number of Topliss-reactive ketones (excluding diaryl/α,β-unsaturated/α-hetero) is 1. The predicted molar refractivity (Wildman–Crippen MR) is 68.3 cm³/mol. The Labute approximate surface area is 104 Å². The van der Waals surface area contributed by atoms with E-state index in [1.165, 1.54) is 13.0 Å². The molecule has 0 bridgehead atoms. The van der Waals surface area contributed by atoms with Crippen LogP contribution in [-0.2, 0) is 0 Å². The maximum atomic E-state index is 11.7. The second kappa shape index (κ2) is 5.04. The molecule has 0 unspecified atom stereocenters. The van der Waals surface area contributed by atoms with Crippen LogP contribution in [0, 0.1) is 0 Å². The lowest BCUT2D eigenvalue weighted by Gasteiger charge is -2.10. The van der Waals surface area contributed by atoms with Gasteiger partial charge in [0.1, 0.15) is 11.3 Å². The number of ketones is 1. The molecule has 0 atom stereocenters. The molecule has 1 aromatic carbocycles. The van der Waals surface area contributed by atoms with E-state index < -0.39 is 5.63 Å². The van der Waals surface area contributed by atoms with Crippen molar-refractivity contribution in [2.24, 2.45) is 0 Å². The van der Waals surface area contributed by atoms with E-state index in [0.717, 1.165) is 6.42 Å². The van der Waals surface area contributed by atoms with Crippen molar-refractivity contribution in [3.05, 3.63) is 40.2 Å². The Balaban J connectivity index is 2.68. The van der Waals surface area contributed by atoms with Crippen molar-refractivity contribution < 1.29 is 13.9 Å². The third kappa shape index (κ3) is 2.27. The van der Waals surface area contributed by atoms with Crippen molar-refractivity contribution in [3.8, 4) is 5.75 Å². The fourth-order valence-corrected chi connectivity index (χ4v) is 1.78. The van der Waals surface area contributed by atoms with Gasteiger partial charge in [-0.15, -0.1) is 0 Å². The highest BCUT2D eigenvalue weighted by Crippen LogP contribution is 2.27. The molecule has 0 saturated heterocycles. The fraction of sp³-hybridized carbons (Fsp3) is 0.286. The lowest BCUT2D eigenvalue weighted by atomic mass is 10.1. The molecule has 0 saturated carbocycles. The minimum Gasteiger partial charge on any atom is -0.493 e. The molecule has 0 radical (unpaired) electrons. The van der Waals surface area contributed by atoms with E-state index in [2.05, 4.69) is 0 Å². The molecule has 0 fully saturated rings. The Bertz CT molecular complexity index is 640. The number of carbonyl (C=O) groups is 1. The van der Waals surface area contributed by atoms with Crippen LogP contribution in [0.4, 0.5) is 0 Å². The summed E-state index contributed by atoms with van der Waals surface area (Å²) in [5.41, 5.74) is 0.153. The lowest BCUT2D eigenvalue weighted by Crippen LogP contribution is -2.05. The summed E-state index contributed by atoms with van der Waals surface area (Å²) >= 11 is 0. The topological polar surface area (TPSA) is 56.5 Å². The Kier molecular flexibility index (Phi) is 3.46. The van der Waals surface area contributed by atoms with Gasteiger partial charge < -0.3 is 9.15 Å². The Morgan fingerprint density at radius 3 is 2.67 bits per heavy atom. The predicted octanol–water partition coefficient (Wildman–Crippen LogP) is 2.78. The minimum absolute atomic E-state index is 0.180. The van der Waals surface area contributed by atoms with E-state index in [0.29, 0.717) is 28.9 Å². The van der Waals surface area contributed by atoms with Gasteiger partial charge in [0.2, 0.25) is 0 Å². The van der Waals surface area contributed by atoms with Crippen molar-refractivity contribution in [3.63, 3.8) is 0 Å². The van der Waals surface area contributed by atoms with Gasteiger partial charge in [0.25, 0.3) is 0 Å². The highest BCUT2D eigenvalue weighted by atomic mass is 16.5. The summed E-state index contributed by atoms with van der Waals surface area (Å²) in [5, 5.41) is 0.712. The van der Waals surface area contributed by atoms with Crippen LogP contribution in [-0.4, -0.2) is 12.4 Å². The molecule has 0 N–H and O–H groups in total. The number of rotatable bonds is 4. The van der Waals surface area contributed by atoms with E-state index in [1.54, 1.807) is 18.2 Å². The average Bonchev–Trinajstić information content (AvgIpc) is 2.34. The number of hydrogen-bond acceptors (Lipinski definition) is 4. The van der Waals surface area contributed by atoms with Gasteiger partial charge in [-0.1, -0.05) is 6.92 Å². The summed E-state index contributed by atoms with van der Waals surface area (Å²) in [6, 6.07) is 6.47. The third-order valence-corrected chi connectivity index (χ3v) is 2.57. The maximum Gasteiger partial charge on any atom is 0.336 e. The third-order valence-electron chi connectivity index (χ3n) is 2.57. The van der Waals surface area contributed by atoms with Crippen molar-refractivity contribution in [1.82, 2.24) is 0 Å². The van der Waals surface area contributed by atoms with Crippen LogP contribution in [0.1, 0.15) is 30.6 Å². The number of carbonyl (C=O) groups excluding carboxylic acids is 1. The zero-order valence-electron chi connectivity index (χ0n) is 10.4. The van der Waals surface area contributed by atoms with Gasteiger partial charge in [0, 0.05) is 11.5 Å². The monoisotopic (exact) mass is 246 g/mol. The second-order valence-electron chi connectivity index (χ2n) is 4.02. The smallest absolute Gasteiger partial charge is 0.336 e. The van der Waals surface area contributed by atoms with Gasteiger partial charge in [-0.25, -0.2) is 4.79 Å². The highest BCUT2D eigenvalue weighted by Gasteiger charge is 2.15. The number of benzene rings is 1. The number of ether oxygens (including phenoxy) is 1. The molecule has 1 heterocycles. The number of fused-ring (bicyclic) bond motifs is 1. The van der Waals surface area contributed by atoms with E-state index in [9.17, 15) is 9.59 Å². The zero-order chi connectivity index (χ0) is 13.1. The van der Waals surface area contributed by atoms with Gasteiger partial charge in [0.15, 0.2) is 11.4 Å². The molecule has 0 aliphatic carbocycles. The SMILES string of the molecule is CCCOc1ccc2ccc(=O)oc2c1C(C)=O. The van der Waals surface area contributed by atoms with Gasteiger partial charge >= 0.3 is 5.63 Å². The van der Waals surface area contributed by atoms with Crippen LogP contribution in [0.25, 0.3) is 11.0 Å². The van der Waals surface area contributed by atoms with Crippen LogP contribution < -0.4 is 10.4 Å². The van der Waals surface area contributed by atoms with Crippen molar-refractivity contribution in [1.29, 1.82) is 0 Å².